The van der Waals surface area contributed by atoms with Crippen molar-refractivity contribution in [1.29, 1.82) is 0 Å². The van der Waals surface area contributed by atoms with E-state index in [0.717, 1.165) is 12.1 Å². The fourth-order valence-electron chi connectivity index (χ4n) is 1.34. The van der Waals surface area contributed by atoms with Crippen LogP contribution in [0, 0.1) is 17.8 Å². The van der Waals surface area contributed by atoms with Crippen molar-refractivity contribution in [2.24, 2.45) is 5.92 Å². The van der Waals surface area contributed by atoms with Gasteiger partial charge in [-0.05, 0) is 25.1 Å². The predicted octanol–water partition coefficient (Wildman–Crippen LogP) is 3.67. The van der Waals surface area contributed by atoms with Crippen LogP contribution in [0.3, 0.4) is 0 Å². The molecule has 0 aromatic heterocycles. The Hall–Kier alpha value is -1.96. The van der Waals surface area contributed by atoms with E-state index in [1.807, 2.05) is 0 Å². The number of amides is 1. The van der Waals surface area contributed by atoms with Gasteiger partial charge in [-0.25, -0.2) is 0 Å². The number of carbonyl (C=O) groups is 1. The molecule has 5 heteroatoms. The average molecular weight is 269 g/mol. The van der Waals surface area contributed by atoms with Crippen LogP contribution in [0.1, 0.15) is 31.9 Å². The van der Waals surface area contributed by atoms with Crippen molar-refractivity contribution in [3.63, 3.8) is 0 Å². The normalized spacial score (nSPS) is 10.9. The first-order valence-corrected chi connectivity index (χ1v) is 5.70. The second-order valence-corrected chi connectivity index (χ2v) is 4.28. The number of alkyl halides is 3. The molecular weight excluding hydrogens is 255 g/mol. The minimum atomic E-state index is -4.43. The van der Waals surface area contributed by atoms with Crippen molar-refractivity contribution in [3.8, 4) is 11.8 Å². The monoisotopic (exact) mass is 269 g/mol. The molecule has 19 heavy (non-hydrogen) atoms. The zero-order valence-corrected chi connectivity index (χ0v) is 10.9. The summed E-state index contributed by atoms with van der Waals surface area (Å²) in [5, 5.41) is 2.56. The summed E-state index contributed by atoms with van der Waals surface area (Å²) in [6.07, 6.45) is -4.43. The van der Waals surface area contributed by atoms with E-state index < -0.39 is 11.7 Å². The maximum Gasteiger partial charge on any atom is 0.416 e. The molecule has 0 bridgehead atoms. The van der Waals surface area contributed by atoms with Gasteiger partial charge in [0, 0.05) is 11.5 Å². The Morgan fingerprint density at radius 1 is 1.32 bits per heavy atom. The van der Waals surface area contributed by atoms with Gasteiger partial charge in [0.25, 0.3) is 0 Å². The highest BCUT2D eigenvalue weighted by molar-refractivity contribution is 5.93. The molecule has 1 rings (SSSR count). The average Bonchev–Trinajstić information content (AvgIpc) is 2.30. The summed E-state index contributed by atoms with van der Waals surface area (Å²) in [7, 11) is 0. The van der Waals surface area contributed by atoms with Crippen LogP contribution in [0.4, 0.5) is 18.9 Å². The van der Waals surface area contributed by atoms with Crippen LogP contribution in [0.15, 0.2) is 18.2 Å². The molecule has 0 aliphatic carbocycles. The molecule has 0 aliphatic rings. The molecule has 1 N–H and O–H groups in total. The lowest BCUT2D eigenvalue weighted by Crippen LogP contribution is -2.18. The third kappa shape index (κ3) is 4.02. The first-order valence-electron chi connectivity index (χ1n) is 5.70. The highest BCUT2D eigenvalue weighted by Crippen LogP contribution is 2.31. The van der Waals surface area contributed by atoms with E-state index in [9.17, 15) is 18.0 Å². The number of hydrogen-bond acceptors (Lipinski definition) is 1. The first-order chi connectivity index (χ1) is 8.75. The largest absolute Gasteiger partial charge is 0.416 e. The molecule has 0 atom stereocenters. The van der Waals surface area contributed by atoms with Gasteiger partial charge in [0.05, 0.1) is 11.3 Å². The summed E-state index contributed by atoms with van der Waals surface area (Å²) < 4.78 is 37.8. The lowest BCUT2D eigenvalue weighted by Gasteiger charge is -2.12. The molecule has 1 amide bonds. The fraction of sp³-hybridized carbons (Fsp3) is 0.357. The Bertz CT molecular complexity index is 536. The smallest absolute Gasteiger partial charge is 0.325 e. The van der Waals surface area contributed by atoms with Crippen molar-refractivity contribution in [2.75, 3.05) is 5.32 Å². The van der Waals surface area contributed by atoms with Crippen LogP contribution in [-0.2, 0) is 11.0 Å². The predicted molar refractivity (Wildman–Crippen MR) is 67.5 cm³/mol. The first kappa shape index (κ1) is 15.1. The lowest BCUT2D eigenvalue weighted by atomic mass is 10.1. The quantitative estimate of drug-likeness (QED) is 0.815. The molecule has 1 aromatic carbocycles. The van der Waals surface area contributed by atoms with E-state index in [1.165, 1.54) is 13.0 Å². The van der Waals surface area contributed by atoms with Gasteiger partial charge < -0.3 is 5.32 Å². The topological polar surface area (TPSA) is 29.1 Å². The van der Waals surface area contributed by atoms with Gasteiger partial charge in [-0.2, -0.15) is 13.2 Å². The van der Waals surface area contributed by atoms with Gasteiger partial charge in [0.2, 0.25) is 5.91 Å². The number of carbonyl (C=O) groups excluding carboxylic acids is 1. The minimum absolute atomic E-state index is 0.159. The fourth-order valence-corrected chi connectivity index (χ4v) is 1.34. The molecule has 0 heterocycles. The van der Waals surface area contributed by atoms with Gasteiger partial charge in [0.1, 0.15) is 0 Å². The lowest BCUT2D eigenvalue weighted by molar-refractivity contribution is -0.137. The van der Waals surface area contributed by atoms with Crippen LogP contribution in [0.2, 0.25) is 0 Å². The van der Waals surface area contributed by atoms with E-state index in [0.29, 0.717) is 5.69 Å². The molecule has 0 spiro atoms. The molecule has 2 nitrogen and oxygen atoms in total. The van der Waals surface area contributed by atoms with Gasteiger partial charge in [-0.3, -0.25) is 4.79 Å². The highest BCUT2D eigenvalue weighted by atomic mass is 19.4. The zero-order chi connectivity index (χ0) is 14.6. The third-order valence-corrected chi connectivity index (χ3v) is 2.39. The SMILES string of the molecule is CC#Cc1cc(C(F)(F)F)ccc1NC(=O)C(C)C. The summed E-state index contributed by atoms with van der Waals surface area (Å²) in [6.45, 7) is 4.92. The van der Waals surface area contributed by atoms with E-state index >= 15 is 0 Å². The molecule has 0 aliphatic heterocycles. The number of nitrogens with one attached hydrogen (secondary N) is 1. The summed E-state index contributed by atoms with van der Waals surface area (Å²) in [4.78, 5) is 11.6. The highest BCUT2D eigenvalue weighted by Gasteiger charge is 2.31. The van der Waals surface area contributed by atoms with E-state index in [-0.39, 0.29) is 17.4 Å². The molecule has 0 saturated heterocycles. The molecule has 0 saturated carbocycles. The van der Waals surface area contributed by atoms with Crippen molar-refractivity contribution >= 4 is 11.6 Å². The van der Waals surface area contributed by atoms with Crippen molar-refractivity contribution < 1.29 is 18.0 Å². The Balaban J connectivity index is 3.18. The van der Waals surface area contributed by atoms with Crippen LogP contribution in [-0.4, -0.2) is 5.91 Å². The maximum absolute atomic E-state index is 12.6. The summed E-state index contributed by atoms with van der Waals surface area (Å²) in [5.74, 6) is 4.58. The van der Waals surface area contributed by atoms with Crippen LogP contribution in [0.25, 0.3) is 0 Å². The van der Waals surface area contributed by atoms with Crippen molar-refractivity contribution in [3.05, 3.63) is 29.3 Å². The van der Waals surface area contributed by atoms with Gasteiger partial charge >= 0.3 is 6.18 Å². The second-order valence-electron chi connectivity index (χ2n) is 4.28. The Kier molecular flexibility index (Phi) is 4.60. The summed E-state index contributed by atoms with van der Waals surface area (Å²) >= 11 is 0. The number of anilines is 1. The van der Waals surface area contributed by atoms with Gasteiger partial charge in [-0.1, -0.05) is 19.8 Å². The van der Waals surface area contributed by atoms with Crippen LogP contribution in [0.5, 0.6) is 0 Å². The minimum Gasteiger partial charge on any atom is -0.325 e. The standard InChI is InChI=1S/C14H14F3NO/c1-4-5-10-8-11(14(15,16)17)6-7-12(10)18-13(19)9(2)3/h6-9H,1-3H3,(H,18,19). The van der Waals surface area contributed by atoms with Crippen LogP contribution < -0.4 is 5.32 Å². The third-order valence-electron chi connectivity index (χ3n) is 2.39. The molecule has 0 radical (unpaired) electrons. The Morgan fingerprint density at radius 2 is 1.95 bits per heavy atom. The zero-order valence-electron chi connectivity index (χ0n) is 10.9. The molecular formula is C14H14F3NO. The number of rotatable bonds is 2. The molecule has 1 aromatic rings. The molecule has 102 valence electrons. The van der Waals surface area contributed by atoms with Gasteiger partial charge in [-0.15, -0.1) is 5.92 Å². The number of halogens is 3. The Morgan fingerprint density at radius 3 is 2.42 bits per heavy atom. The molecule has 0 unspecified atom stereocenters. The van der Waals surface area contributed by atoms with E-state index in [2.05, 4.69) is 17.2 Å². The number of hydrogen-bond donors (Lipinski definition) is 1. The summed E-state index contributed by atoms with van der Waals surface area (Å²) in [5.41, 5.74) is -0.333. The van der Waals surface area contributed by atoms with Gasteiger partial charge in [0.15, 0.2) is 0 Å². The van der Waals surface area contributed by atoms with E-state index in [1.54, 1.807) is 13.8 Å². The maximum atomic E-state index is 12.6. The van der Waals surface area contributed by atoms with E-state index in [4.69, 9.17) is 0 Å². The molecule has 0 fully saturated rings. The van der Waals surface area contributed by atoms with Crippen molar-refractivity contribution in [2.45, 2.75) is 26.9 Å². The van der Waals surface area contributed by atoms with Crippen molar-refractivity contribution in [1.82, 2.24) is 0 Å². The van der Waals surface area contributed by atoms with Crippen LogP contribution >= 0.6 is 0 Å². The summed E-state index contributed by atoms with van der Waals surface area (Å²) in [6, 6.07) is 3.09. The second kappa shape index (κ2) is 5.79. The number of benzene rings is 1. The Labute approximate surface area is 110 Å².